The van der Waals surface area contributed by atoms with Crippen LogP contribution in [0, 0.1) is 0 Å². The van der Waals surface area contributed by atoms with E-state index in [1.165, 1.54) is 12.1 Å². The van der Waals surface area contributed by atoms with Gasteiger partial charge in [-0.3, -0.25) is 0 Å². The van der Waals surface area contributed by atoms with Crippen LogP contribution in [0.1, 0.15) is 37.1 Å². The van der Waals surface area contributed by atoms with E-state index in [1.807, 2.05) is 25.1 Å². The Kier molecular flexibility index (Phi) is 4.68. The van der Waals surface area contributed by atoms with Crippen molar-refractivity contribution >= 4 is 15.9 Å². The topological polar surface area (TPSA) is 52.5 Å². The third-order valence-corrected chi connectivity index (χ3v) is 4.07. The van der Waals surface area contributed by atoms with Crippen LogP contribution in [0.2, 0.25) is 0 Å². The molecule has 0 amide bonds. The van der Waals surface area contributed by atoms with Gasteiger partial charge in [-0.2, -0.15) is 0 Å². The Hall–Kier alpha value is -1.52. The van der Waals surface area contributed by atoms with Crippen molar-refractivity contribution in [2.75, 3.05) is 0 Å². The van der Waals surface area contributed by atoms with Gasteiger partial charge < -0.3 is 15.5 Å². The second-order valence-corrected chi connectivity index (χ2v) is 5.73. The van der Waals surface area contributed by atoms with Crippen LogP contribution in [0.5, 0.6) is 11.5 Å². The van der Waals surface area contributed by atoms with Crippen molar-refractivity contribution < 1.29 is 10.2 Å². The van der Waals surface area contributed by atoms with E-state index in [1.54, 1.807) is 6.07 Å². The van der Waals surface area contributed by atoms with Gasteiger partial charge in [-0.25, -0.2) is 0 Å². The quantitative estimate of drug-likeness (QED) is 0.731. The van der Waals surface area contributed by atoms with E-state index >= 15 is 0 Å². The SMILES string of the molecule is CC(NC(C)c1ccccc1Br)c1cc(O)ccc1O. The van der Waals surface area contributed by atoms with Crippen molar-refractivity contribution in [1.82, 2.24) is 5.32 Å². The maximum atomic E-state index is 9.88. The number of hydrogen-bond donors (Lipinski definition) is 3. The normalized spacial score (nSPS) is 13.9. The molecule has 3 N–H and O–H groups in total. The molecule has 106 valence electrons. The maximum absolute atomic E-state index is 9.88. The second-order valence-electron chi connectivity index (χ2n) is 4.87. The first-order valence-electron chi connectivity index (χ1n) is 6.51. The van der Waals surface area contributed by atoms with Crippen LogP contribution in [0.15, 0.2) is 46.9 Å². The lowest BCUT2D eigenvalue weighted by atomic mass is 10.0. The van der Waals surface area contributed by atoms with Gasteiger partial charge in [0.1, 0.15) is 11.5 Å². The van der Waals surface area contributed by atoms with Crippen LogP contribution in [0.25, 0.3) is 0 Å². The minimum Gasteiger partial charge on any atom is -0.508 e. The minimum absolute atomic E-state index is 0.0794. The van der Waals surface area contributed by atoms with E-state index in [4.69, 9.17) is 0 Å². The Morgan fingerprint density at radius 3 is 2.30 bits per heavy atom. The molecule has 0 radical (unpaired) electrons. The number of hydrogen-bond acceptors (Lipinski definition) is 3. The second kappa shape index (κ2) is 6.29. The Bertz CT molecular complexity index is 601. The summed E-state index contributed by atoms with van der Waals surface area (Å²) < 4.78 is 1.05. The fourth-order valence-electron chi connectivity index (χ4n) is 2.27. The summed E-state index contributed by atoms with van der Waals surface area (Å²) in [4.78, 5) is 0. The van der Waals surface area contributed by atoms with Crippen molar-refractivity contribution in [3.8, 4) is 11.5 Å². The first kappa shape index (κ1) is 14.9. The molecule has 0 spiro atoms. The molecule has 0 aromatic heterocycles. The molecule has 2 aromatic rings. The van der Waals surface area contributed by atoms with Crippen LogP contribution < -0.4 is 5.32 Å². The van der Waals surface area contributed by atoms with Crippen LogP contribution in [0.3, 0.4) is 0 Å². The average molecular weight is 336 g/mol. The first-order chi connectivity index (χ1) is 9.49. The summed E-state index contributed by atoms with van der Waals surface area (Å²) in [6.07, 6.45) is 0. The highest BCUT2D eigenvalue weighted by atomic mass is 79.9. The smallest absolute Gasteiger partial charge is 0.120 e. The zero-order valence-electron chi connectivity index (χ0n) is 11.5. The number of nitrogens with one attached hydrogen (secondary N) is 1. The fraction of sp³-hybridized carbons (Fsp3) is 0.250. The Labute approximate surface area is 127 Å². The highest BCUT2D eigenvalue weighted by molar-refractivity contribution is 9.10. The summed E-state index contributed by atoms with van der Waals surface area (Å²) in [5, 5.41) is 22.8. The van der Waals surface area contributed by atoms with E-state index in [0.29, 0.717) is 5.56 Å². The zero-order valence-corrected chi connectivity index (χ0v) is 13.1. The summed E-state index contributed by atoms with van der Waals surface area (Å²) in [5.41, 5.74) is 1.84. The average Bonchev–Trinajstić information content (AvgIpc) is 2.41. The third kappa shape index (κ3) is 3.32. The number of phenols is 2. The highest BCUT2D eigenvalue weighted by Crippen LogP contribution is 2.30. The standard InChI is InChI=1S/C16H18BrNO2/c1-10(13-5-3-4-6-15(13)17)18-11(2)14-9-12(19)7-8-16(14)20/h3-11,18-20H,1-2H3. The molecular formula is C16H18BrNO2. The molecule has 0 heterocycles. The van der Waals surface area contributed by atoms with E-state index < -0.39 is 0 Å². The molecule has 0 aliphatic heterocycles. The predicted molar refractivity (Wildman–Crippen MR) is 83.9 cm³/mol. The number of halogens is 1. The van der Waals surface area contributed by atoms with Crippen LogP contribution in [0.4, 0.5) is 0 Å². The van der Waals surface area contributed by atoms with E-state index in [2.05, 4.69) is 34.2 Å². The van der Waals surface area contributed by atoms with E-state index in [9.17, 15) is 10.2 Å². The van der Waals surface area contributed by atoms with Gasteiger partial charge in [0.15, 0.2) is 0 Å². The van der Waals surface area contributed by atoms with Crippen molar-refractivity contribution in [3.05, 3.63) is 58.1 Å². The molecule has 2 rings (SSSR count). The third-order valence-electron chi connectivity index (χ3n) is 3.35. The predicted octanol–water partition coefficient (Wildman–Crippen LogP) is 4.27. The number of phenolic OH excluding ortho intramolecular Hbond substituents is 2. The Balaban J connectivity index is 2.17. The van der Waals surface area contributed by atoms with E-state index in [-0.39, 0.29) is 23.6 Å². The maximum Gasteiger partial charge on any atom is 0.120 e. The summed E-state index contributed by atoms with van der Waals surface area (Å²) in [7, 11) is 0. The van der Waals surface area contributed by atoms with Crippen molar-refractivity contribution in [2.45, 2.75) is 25.9 Å². The molecule has 2 unspecified atom stereocenters. The fourth-order valence-corrected chi connectivity index (χ4v) is 2.90. The summed E-state index contributed by atoms with van der Waals surface area (Å²) >= 11 is 3.54. The lowest BCUT2D eigenvalue weighted by molar-refractivity contribution is 0.429. The molecule has 3 nitrogen and oxygen atoms in total. The first-order valence-corrected chi connectivity index (χ1v) is 7.30. The number of aromatic hydroxyl groups is 2. The molecule has 0 saturated heterocycles. The van der Waals surface area contributed by atoms with Gasteiger partial charge in [-0.05, 0) is 43.7 Å². The molecule has 0 aliphatic carbocycles. The molecule has 0 bridgehead atoms. The number of rotatable bonds is 4. The van der Waals surface area contributed by atoms with Crippen LogP contribution >= 0.6 is 15.9 Å². The van der Waals surface area contributed by atoms with Gasteiger partial charge in [-0.15, -0.1) is 0 Å². The van der Waals surface area contributed by atoms with Gasteiger partial charge >= 0.3 is 0 Å². The monoisotopic (exact) mass is 335 g/mol. The van der Waals surface area contributed by atoms with Gasteiger partial charge in [0.2, 0.25) is 0 Å². The molecule has 0 saturated carbocycles. The van der Waals surface area contributed by atoms with Crippen molar-refractivity contribution in [2.24, 2.45) is 0 Å². The highest BCUT2D eigenvalue weighted by Gasteiger charge is 2.16. The van der Waals surface area contributed by atoms with Crippen LogP contribution in [-0.2, 0) is 0 Å². The molecule has 20 heavy (non-hydrogen) atoms. The molecule has 2 aromatic carbocycles. The van der Waals surface area contributed by atoms with E-state index in [0.717, 1.165) is 10.0 Å². The van der Waals surface area contributed by atoms with Gasteiger partial charge in [0.05, 0.1) is 0 Å². The summed E-state index contributed by atoms with van der Waals surface area (Å²) in [6.45, 7) is 4.03. The molecular weight excluding hydrogens is 318 g/mol. The largest absolute Gasteiger partial charge is 0.508 e. The lowest BCUT2D eigenvalue weighted by Crippen LogP contribution is -2.22. The molecule has 0 aliphatic rings. The molecule has 4 heteroatoms. The van der Waals surface area contributed by atoms with Crippen molar-refractivity contribution in [1.29, 1.82) is 0 Å². The number of benzene rings is 2. The molecule has 2 atom stereocenters. The molecule has 0 fully saturated rings. The Morgan fingerprint density at radius 2 is 1.60 bits per heavy atom. The summed E-state index contributed by atoms with van der Waals surface area (Å²) in [6, 6.07) is 12.6. The lowest BCUT2D eigenvalue weighted by Gasteiger charge is -2.22. The van der Waals surface area contributed by atoms with Gasteiger partial charge in [0.25, 0.3) is 0 Å². The van der Waals surface area contributed by atoms with Crippen molar-refractivity contribution in [3.63, 3.8) is 0 Å². The minimum atomic E-state index is -0.0794. The van der Waals surface area contributed by atoms with Gasteiger partial charge in [-0.1, -0.05) is 34.1 Å². The zero-order chi connectivity index (χ0) is 14.7. The summed E-state index contributed by atoms with van der Waals surface area (Å²) in [5.74, 6) is 0.335. The van der Waals surface area contributed by atoms with Crippen LogP contribution in [-0.4, -0.2) is 10.2 Å². The van der Waals surface area contributed by atoms with Gasteiger partial charge in [0, 0.05) is 22.1 Å². The Morgan fingerprint density at radius 1 is 0.950 bits per heavy atom.